The summed E-state index contributed by atoms with van der Waals surface area (Å²) in [6, 6.07) is 16.1. The largest absolute Gasteiger partial charge is 0.484 e. The number of nitrogens with zero attached hydrogens (tertiary/aromatic N) is 4. The van der Waals surface area contributed by atoms with Crippen LogP contribution < -0.4 is 4.74 Å². The maximum absolute atomic E-state index is 12.0. The van der Waals surface area contributed by atoms with Crippen LogP contribution in [0.4, 0.5) is 0 Å². The van der Waals surface area contributed by atoms with Gasteiger partial charge in [-0.1, -0.05) is 25.1 Å². The molecule has 2 heterocycles. The van der Waals surface area contributed by atoms with Gasteiger partial charge in [-0.05, 0) is 36.8 Å². The lowest BCUT2D eigenvalue weighted by atomic mass is 10.2. The van der Waals surface area contributed by atoms with Crippen LogP contribution in [0.15, 0.2) is 65.7 Å². The third-order valence-corrected chi connectivity index (χ3v) is 6.55. The Balaban J connectivity index is 1.78. The van der Waals surface area contributed by atoms with Crippen molar-refractivity contribution in [2.24, 2.45) is 0 Å². The van der Waals surface area contributed by atoms with Gasteiger partial charge >= 0.3 is 0 Å². The lowest BCUT2D eigenvalue weighted by Crippen LogP contribution is -2.27. The van der Waals surface area contributed by atoms with Gasteiger partial charge in [-0.2, -0.15) is 0 Å². The van der Waals surface area contributed by atoms with Gasteiger partial charge in [0.2, 0.25) is 0 Å². The zero-order chi connectivity index (χ0) is 24.5. The molecule has 0 unspecified atom stereocenters. The maximum atomic E-state index is 12.0. The molecule has 0 N–H and O–H groups in total. The van der Waals surface area contributed by atoms with Crippen LogP contribution in [0.25, 0.3) is 28.1 Å². The fraction of sp³-hybridized carbons (Fsp3) is 0.240. The molecule has 176 valence electrons. The smallest absolute Gasteiger partial charge is 0.259 e. The van der Waals surface area contributed by atoms with E-state index in [-0.39, 0.29) is 17.4 Å². The predicted octanol–water partition coefficient (Wildman–Crippen LogP) is 3.52. The molecule has 0 aliphatic heterocycles. The zero-order valence-corrected chi connectivity index (χ0v) is 20.3. The van der Waals surface area contributed by atoms with Crippen molar-refractivity contribution >= 4 is 26.8 Å². The standard InChI is InChI=1S/C25H26N4O4S/c1-5-22-21-12-13-29(18-9-7-10-19(15-18)33-16-23(30)28(2)3)25(21)27-24(26-22)17-8-6-11-20(14-17)34(4,31)32/h6-15H,5,16H2,1-4H3. The van der Waals surface area contributed by atoms with Gasteiger partial charge in [-0.25, -0.2) is 18.4 Å². The molecular formula is C25H26N4O4S. The number of benzene rings is 2. The number of carbonyl (C=O) groups is 1. The first kappa shape index (κ1) is 23.4. The second-order valence-electron chi connectivity index (χ2n) is 8.14. The van der Waals surface area contributed by atoms with E-state index in [1.54, 1.807) is 44.4 Å². The minimum atomic E-state index is -3.36. The molecule has 1 amide bonds. The van der Waals surface area contributed by atoms with Crippen LogP contribution in [-0.2, 0) is 21.1 Å². The molecule has 8 nitrogen and oxygen atoms in total. The van der Waals surface area contributed by atoms with E-state index in [1.807, 2.05) is 42.0 Å². The number of carbonyl (C=O) groups excluding carboxylic acids is 1. The molecule has 4 rings (SSSR count). The van der Waals surface area contributed by atoms with Crippen LogP contribution in [0.2, 0.25) is 0 Å². The van der Waals surface area contributed by atoms with Crippen LogP contribution >= 0.6 is 0 Å². The fourth-order valence-corrected chi connectivity index (χ4v) is 4.21. The molecule has 0 atom stereocenters. The third kappa shape index (κ3) is 4.79. The molecule has 4 aromatic rings. The summed E-state index contributed by atoms with van der Waals surface area (Å²) in [5.74, 6) is 0.900. The van der Waals surface area contributed by atoms with Crippen LogP contribution in [0.1, 0.15) is 12.6 Å². The van der Waals surface area contributed by atoms with Crippen molar-refractivity contribution in [3.05, 3.63) is 66.5 Å². The van der Waals surface area contributed by atoms with Gasteiger partial charge in [0.1, 0.15) is 11.4 Å². The summed E-state index contributed by atoms with van der Waals surface area (Å²) >= 11 is 0. The average molecular weight is 479 g/mol. The van der Waals surface area contributed by atoms with Gasteiger partial charge in [-0.15, -0.1) is 0 Å². The van der Waals surface area contributed by atoms with Crippen LogP contribution in [0.3, 0.4) is 0 Å². The highest BCUT2D eigenvalue weighted by Crippen LogP contribution is 2.27. The van der Waals surface area contributed by atoms with E-state index in [4.69, 9.17) is 14.7 Å². The molecule has 0 spiro atoms. The quantitative estimate of drug-likeness (QED) is 0.403. The topological polar surface area (TPSA) is 94.4 Å². The molecule has 2 aromatic heterocycles. The van der Waals surface area contributed by atoms with E-state index in [9.17, 15) is 13.2 Å². The van der Waals surface area contributed by atoms with Gasteiger partial charge < -0.3 is 14.2 Å². The fourth-order valence-electron chi connectivity index (χ4n) is 3.55. The Morgan fingerprint density at radius 1 is 1.06 bits per heavy atom. The molecule has 0 radical (unpaired) electrons. The first-order valence-electron chi connectivity index (χ1n) is 10.8. The Hall–Kier alpha value is -3.72. The Kier molecular flexibility index (Phi) is 6.39. The van der Waals surface area contributed by atoms with Gasteiger partial charge in [0.05, 0.1) is 16.3 Å². The van der Waals surface area contributed by atoms with E-state index in [0.29, 0.717) is 29.2 Å². The number of aryl methyl sites for hydroxylation is 1. The van der Waals surface area contributed by atoms with E-state index in [0.717, 1.165) is 16.8 Å². The number of fused-ring (bicyclic) bond motifs is 1. The Morgan fingerprint density at radius 2 is 1.82 bits per heavy atom. The summed E-state index contributed by atoms with van der Waals surface area (Å²) in [5.41, 5.74) is 3.02. The van der Waals surface area contributed by atoms with E-state index >= 15 is 0 Å². The second kappa shape index (κ2) is 9.26. The van der Waals surface area contributed by atoms with Crippen molar-refractivity contribution in [2.75, 3.05) is 27.0 Å². The molecule has 0 fully saturated rings. The SMILES string of the molecule is CCc1nc(-c2cccc(S(C)(=O)=O)c2)nc2c1ccn2-c1cccc(OCC(=O)N(C)C)c1. The minimum absolute atomic E-state index is 0.0497. The number of likely N-dealkylation sites (N-methyl/N-ethyl adjacent to an activating group) is 1. The molecule has 0 saturated heterocycles. The lowest BCUT2D eigenvalue weighted by Gasteiger charge is -2.13. The number of hydrogen-bond acceptors (Lipinski definition) is 6. The summed E-state index contributed by atoms with van der Waals surface area (Å²) in [6.45, 7) is 1.97. The Bertz CT molecular complexity index is 1480. The first-order chi connectivity index (χ1) is 16.2. The molecular weight excluding hydrogens is 452 g/mol. The highest BCUT2D eigenvalue weighted by atomic mass is 32.2. The highest BCUT2D eigenvalue weighted by molar-refractivity contribution is 7.90. The number of hydrogen-bond donors (Lipinski definition) is 0. The summed E-state index contributed by atoms with van der Waals surface area (Å²) < 4.78 is 31.7. The van der Waals surface area contributed by atoms with Gasteiger partial charge in [0.25, 0.3) is 5.91 Å². The Morgan fingerprint density at radius 3 is 2.53 bits per heavy atom. The normalized spacial score (nSPS) is 11.5. The summed E-state index contributed by atoms with van der Waals surface area (Å²) in [7, 11) is 0.0103. The molecule has 9 heteroatoms. The number of amides is 1. The predicted molar refractivity (Wildman–Crippen MR) is 131 cm³/mol. The van der Waals surface area contributed by atoms with Gasteiger partial charge in [0.15, 0.2) is 22.3 Å². The highest BCUT2D eigenvalue weighted by Gasteiger charge is 2.15. The maximum Gasteiger partial charge on any atom is 0.259 e. The number of ether oxygens (including phenoxy) is 1. The van der Waals surface area contributed by atoms with E-state index in [1.165, 1.54) is 11.2 Å². The monoisotopic (exact) mass is 478 g/mol. The number of rotatable bonds is 7. The average Bonchev–Trinajstić information content (AvgIpc) is 3.25. The van der Waals surface area contributed by atoms with E-state index < -0.39 is 9.84 Å². The summed E-state index contributed by atoms with van der Waals surface area (Å²) in [4.78, 5) is 23.1. The van der Waals surface area contributed by atoms with Crippen LogP contribution in [0, 0.1) is 0 Å². The third-order valence-electron chi connectivity index (χ3n) is 5.44. The summed E-state index contributed by atoms with van der Waals surface area (Å²) in [5, 5.41) is 0.916. The summed E-state index contributed by atoms with van der Waals surface area (Å²) in [6.07, 6.45) is 3.79. The van der Waals surface area contributed by atoms with Gasteiger partial charge in [0, 0.05) is 43.6 Å². The molecule has 2 aromatic carbocycles. The van der Waals surface area contributed by atoms with Crippen molar-refractivity contribution < 1.29 is 17.9 Å². The molecule has 0 saturated carbocycles. The van der Waals surface area contributed by atoms with Crippen molar-refractivity contribution in [3.8, 4) is 22.8 Å². The lowest BCUT2D eigenvalue weighted by molar-refractivity contribution is -0.130. The molecule has 34 heavy (non-hydrogen) atoms. The molecule has 0 bridgehead atoms. The number of sulfone groups is 1. The van der Waals surface area contributed by atoms with Crippen LogP contribution in [-0.4, -0.2) is 60.7 Å². The molecule has 0 aliphatic rings. The van der Waals surface area contributed by atoms with Crippen molar-refractivity contribution in [3.63, 3.8) is 0 Å². The van der Waals surface area contributed by atoms with Crippen LogP contribution in [0.5, 0.6) is 5.75 Å². The minimum Gasteiger partial charge on any atom is -0.484 e. The van der Waals surface area contributed by atoms with Gasteiger partial charge in [-0.3, -0.25) is 4.79 Å². The van der Waals surface area contributed by atoms with E-state index in [2.05, 4.69) is 0 Å². The zero-order valence-electron chi connectivity index (χ0n) is 19.5. The first-order valence-corrected chi connectivity index (χ1v) is 12.7. The van der Waals surface area contributed by atoms with Crippen molar-refractivity contribution in [1.29, 1.82) is 0 Å². The Labute approximate surface area is 198 Å². The van der Waals surface area contributed by atoms with Crippen molar-refractivity contribution in [2.45, 2.75) is 18.2 Å². The van der Waals surface area contributed by atoms with Crippen molar-refractivity contribution in [1.82, 2.24) is 19.4 Å². The molecule has 0 aliphatic carbocycles. The second-order valence-corrected chi connectivity index (χ2v) is 10.2. The number of aromatic nitrogens is 3.